The number of nitrogens with one attached hydrogen (secondary N) is 1. The summed E-state index contributed by atoms with van der Waals surface area (Å²) in [5.74, 6) is 0.323. The van der Waals surface area contributed by atoms with E-state index in [0.29, 0.717) is 12.3 Å². The van der Waals surface area contributed by atoms with Gasteiger partial charge in [0.05, 0.1) is 6.04 Å². The van der Waals surface area contributed by atoms with E-state index in [2.05, 4.69) is 5.32 Å². The number of carbonyl (C=O) groups excluding carboxylic acids is 1. The minimum atomic E-state index is -3.20. The fourth-order valence-corrected chi connectivity index (χ4v) is 1.87. The minimum absolute atomic E-state index is 0.323. The molecule has 0 aromatic rings. The average molecular weight is 291 g/mol. The Kier molecular flexibility index (Phi) is 6.55. The Morgan fingerprint density at radius 1 is 1.32 bits per heavy atom. The zero-order chi connectivity index (χ0) is 15.3. The number of rotatable bonds is 5. The van der Waals surface area contributed by atoms with Crippen molar-refractivity contribution in [2.75, 3.05) is 6.26 Å². The molecule has 5 nitrogen and oxygen atoms in total. The van der Waals surface area contributed by atoms with Crippen LogP contribution < -0.4 is 5.32 Å². The predicted octanol–water partition coefficient (Wildman–Crippen LogP) is 2.48. The number of hydrogen-bond donors (Lipinski definition) is 1. The molecule has 1 atom stereocenters. The molecule has 1 amide bonds. The van der Waals surface area contributed by atoms with Crippen LogP contribution in [0.4, 0.5) is 4.79 Å². The first-order valence-corrected chi connectivity index (χ1v) is 8.22. The van der Waals surface area contributed by atoms with Gasteiger partial charge in [0, 0.05) is 11.7 Å². The molecule has 0 aromatic carbocycles. The lowest BCUT2D eigenvalue weighted by atomic mass is 10.0. The summed E-state index contributed by atoms with van der Waals surface area (Å²) >= 11 is 0. The molecule has 0 aliphatic rings. The highest BCUT2D eigenvalue weighted by Gasteiger charge is 2.19. The van der Waals surface area contributed by atoms with E-state index >= 15 is 0 Å². The molecule has 0 rings (SSSR count). The van der Waals surface area contributed by atoms with Gasteiger partial charge in [0.25, 0.3) is 0 Å². The number of alkyl carbamates (subject to hydrolysis) is 1. The van der Waals surface area contributed by atoms with Gasteiger partial charge >= 0.3 is 6.09 Å². The van der Waals surface area contributed by atoms with E-state index in [0.717, 1.165) is 11.7 Å². The predicted molar refractivity (Wildman–Crippen MR) is 76.6 cm³/mol. The van der Waals surface area contributed by atoms with Crippen molar-refractivity contribution in [2.45, 2.75) is 52.7 Å². The number of hydrogen-bond acceptors (Lipinski definition) is 4. The maximum atomic E-state index is 11.7. The van der Waals surface area contributed by atoms with Crippen molar-refractivity contribution in [3.63, 3.8) is 0 Å². The molecule has 0 unspecified atom stereocenters. The molecule has 0 spiro atoms. The van der Waals surface area contributed by atoms with E-state index in [9.17, 15) is 13.2 Å². The molecule has 0 aliphatic heterocycles. The van der Waals surface area contributed by atoms with Crippen LogP contribution in [-0.2, 0) is 14.6 Å². The third-order valence-corrected chi connectivity index (χ3v) is 2.64. The highest BCUT2D eigenvalue weighted by atomic mass is 32.2. The van der Waals surface area contributed by atoms with Crippen LogP contribution in [0.2, 0.25) is 0 Å². The van der Waals surface area contributed by atoms with Crippen molar-refractivity contribution >= 4 is 15.9 Å². The SMILES string of the molecule is CC(C)C[C@@H](C=CS(C)(=O)=O)NC(=O)OC(C)(C)C. The molecule has 0 saturated heterocycles. The Morgan fingerprint density at radius 2 is 1.84 bits per heavy atom. The van der Waals surface area contributed by atoms with E-state index < -0.39 is 21.5 Å². The van der Waals surface area contributed by atoms with Crippen LogP contribution in [0, 0.1) is 5.92 Å². The van der Waals surface area contributed by atoms with E-state index in [1.807, 2.05) is 13.8 Å². The normalized spacial score (nSPS) is 14.7. The summed E-state index contributed by atoms with van der Waals surface area (Å²) in [4.78, 5) is 11.7. The summed E-state index contributed by atoms with van der Waals surface area (Å²) in [6, 6.07) is -0.357. The van der Waals surface area contributed by atoms with Crippen molar-refractivity contribution in [3.05, 3.63) is 11.5 Å². The van der Waals surface area contributed by atoms with Crippen molar-refractivity contribution in [1.82, 2.24) is 5.32 Å². The van der Waals surface area contributed by atoms with Gasteiger partial charge in [-0.15, -0.1) is 0 Å². The van der Waals surface area contributed by atoms with Crippen LogP contribution in [0.1, 0.15) is 41.0 Å². The maximum absolute atomic E-state index is 11.7. The van der Waals surface area contributed by atoms with E-state index in [-0.39, 0.29) is 6.04 Å². The maximum Gasteiger partial charge on any atom is 0.408 e. The molecule has 1 N–H and O–H groups in total. The smallest absolute Gasteiger partial charge is 0.408 e. The Morgan fingerprint density at radius 3 is 2.21 bits per heavy atom. The van der Waals surface area contributed by atoms with E-state index in [4.69, 9.17) is 4.74 Å². The molecular formula is C13H25NO4S. The first kappa shape index (κ1) is 18.0. The molecule has 112 valence electrons. The Hall–Kier alpha value is -1.04. The second-order valence-corrected chi connectivity index (χ2v) is 7.97. The minimum Gasteiger partial charge on any atom is -0.444 e. The third kappa shape index (κ3) is 11.8. The van der Waals surface area contributed by atoms with Gasteiger partial charge in [-0.1, -0.05) is 19.9 Å². The van der Waals surface area contributed by atoms with Gasteiger partial charge < -0.3 is 10.1 Å². The summed E-state index contributed by atoms with van der Waals surface area (Å²) < 4.78 is 27.4. The van der Waals surface area contributed by atoms with Gasteiger partial charge in [-0.05, 0) is 33.1 Å². The van der Waals surface area contributed by atoms with Crippen molar-refractivity contribution in [2.24, 2.45) is 5.92 Å². The summed E-state index contributed by atoms with van der Waals surface area (Å²) in [6.07, 6.45) is 2.70. The van der Waals surface area contributed by atoms with Gasteiger partial charge in [-0.25, -0.2) is 13.2 Å². The summed E-state index contributed by atoms with van der Waals surface area (Å²) in [5.41, 5.74) is -0.576. The van der Waals surface area contributed by atoms with Crippen molar-refractivity contribution in [1.29, 1.82) is 0 Å². The monoisotopic (exact) mass is 291 g/mol. The highest BCUT2D eigenvalue weighted by Crippen LogP contribution is 2.10. The summed E-state index contributed by atoms with van der Waals surface area (Å²) in [7, 11) is -3.20. The Balaban J connectivity index is 4.69. The topological polar surface area (TPSA) is 72.5 Å². The van der Waals surface area contributed by atoms with Crippen LogP contribution in [0.3, 0.4) is 0 Å². The first-order valence-electron chi connectivity index (χ1n) is 6.27. The van der Waals surface area contributed by atoms with Gasteiger partial charge in [0.1, 0.15) is 5.60 Å². The Bertz CT molecular complexity index is 418. The zero-order valence-corrected chi connectivity index (χ0v) is 13.4. The lowest BCUT2D eigenvalue weighted by Gasteiger charge is -2.23. The van der Waals surface area contributed by atoms with Crippen LogP contribution >= 0.6 is 0 Å². The second-order valence-electron chi connectivity index (χ2n) is 6.04. The number of ether oxygens (including phenoxy) is 1. The Labute approximate surface area is 116 Å². The molecule has 0 aliphatic carbocycles. The third-order valence-electron chi connectivity index (χ3n) is 1.99. The van der Waals surface area contributed by atoms with Gasteiger partial charge in [0.2, 0.25) is 0 Å². The molecule has 19 heavy (non-hydrogen) atoms. The average Bonchev–Trinajstić information content (AvgIpc) is 2.08. The lowest BCUT2D eigenvalue weighted by Crippen LogP contribution is -2.38. The van der Waals surface area contributed by atoms with Crippen LogP contribution in [0.25, 0.3) is 0 Å². The van der Waals surface area contributed by atoms with Gasteiger partial charge in [-0.2, -0.15) is 0 Å². The molecular weight excluding hydrogens is 266 g/mol. The largest absolute Gasteiger partial charge is 0.444 e. The molecule has 0 fully saturated rings. The van der Waals surface area contributed by atoms with Crippen molar-refractivity contribution in [3.8, 4) is 0 Å². The van der Waals surface area contributed by atoms with E-state index in [1.54, 1.807) is 20.8 Å². The second kappa shape index (κ2) is 6.93. The number of amides is 1. The highest BCUT2D eigenvalue weighted by molar-refractivity contribution is 7.93. The van der Waals surface area contributed by atoms with Crippen LogP contribution in [0.15, 0.2) is 11.5 Å². The fraction of sp³-hybridized carbons (Fsp3) is 0.769. The fourth-order valence-electron chi connectivity index (χ4n) is 1.39. The molecule has 0 saturated carbocycles. The molecule has 6 heteroatoms. The van der Waals surface area contributed by atoms with Crippen LogP contribution in [-0.4, -0.2) is 32.4 Å². The summed E-state index contributed by atoms with van der Waals surface area (Å²) in [5, 5.41) is 3.77. The number of sulfone groups is 1. The zero-order valence-electron chi connectivity index (χ0n) is 12.6. The summed E-state index contributed by atoms with van der Waals surface area (Å²) in [6.45, 7) is 9.32. The molecule has 0 bridgehead atoms. The first-order chi connectivity index (χ1) is 8.39. The van der Waals surface area contributed by atoms with Crippen molar-refractivity contribution < 1.29 is 17.9 Å². The van der Waals surface area contributed by atoms with Gasteiger partial charge in [-0.3, -0.25) is 0 Å². The quantitative estimate of drug-likeness (QED) is 0.844. The van der Waals surface area contributed by atoms with Gasteiger partial charge in [0.15, 0.2) is 9.84 Å². The van der Waals surface area contributed by atoms with Crippen LogP contribution in [0.5, 0.6) is 0 Å². The lowest BCUT2D eigenvalue weighted by molar-refractivity contribution is 0.0510. The molecule has 0 radical (unpaired) electrons. The molecule has 0 heterocycles. The number of carbonyl (C=O) groups is 1. The molecule has 0 aromatic heterocycles. The van der Waals surface area contributed by atoms with E-state index in [1.165, 1.54) is 6.08 Å². The standard InChI is InChI=1S/C13H25NO4S/c1-10(2)9-11(7-8-19(6,16)17)14-12(15)18-13(3,4)5/h7-8,10-11H,9H2,1-6H3,(H,14,15)/t11-/m1/s1.